The van der Waals surface area contributed by atoms with Gasteiger partial charge in [0, 0.05) is 35.8 Å². The normalized spacial score (nSPS) is 12.0. The van der Waals surface area contributed by atoms with Crippen molar-refractivity contribution in [2.45, 2.75) is 25.7 Å². The molecule has 24 heavy (non-hydrogen) atoms. The van der Waals surface area contributed by atoms with Crippen LogP contribution in [0.25, 0.3) is 0 Å². The summed E-state index contributed by atoms with van der Waals surface area (Å²) in [6, 6.07) is 7.81. The number of aliphatic imine (C=N–C) groups is 1. The molecule has 1 aromatic rings. The first-order chi connectivity index (χ1) is 11.4. The number of amides is 1. The predicted molar refractivity (Wildman–Crippen MR) is 104 cm³/mol. The van der Waals surface area contributed by atoms with Gasteiger partial charge in [0.25, 0.3) is 0 Å². The highest BCUT2D eigenvalue weighted by Gasteiger charge is 2.26. The standard InChI is InChI=1S/C17H27ClN4OS/c1-5-20-16(22-12-17(2,3)15(23)19-4)21-10-11-24-14-8-6-13(18)7-9-14/h6-9H,5,10-12H2,1-4H3,(H,19,23)(H2,20,21,22). The molecule has 0 saturated carbocycles. The molecule has 0 fully saturated rings. The van der Waals surface area contributed by atoms with Crippen molar-refractivity contribution in [2.75, 3.05) is 32.4 Å². The molecule has 0 aromatic heterocycles. The van der Waals surface area contributed by atoms with Crippen molar-refractivity contribution < 1.29 is 4.79 Å². The van der Waals surface area contributed by atoms with E-state index in [-0.39, 0.29) is 5.91 Å². The molecular weight excluding hydrogens is 344 g/mol. The predicted octanol–water partition coefficient (Wildman–Crippen LogP) is 2.76. The zero-order valence-electron chi connectivity index (χ0n) is 14.8. The fourth-order valence-electron chi connectivity index (χ4n) is 1.90. The molecule has 1 amide bonds. The Labute approximate surface area is 154 Å². The second kappa shape index (κ2) is 10.5. The van der Waals surface area contributed by atoms with Crippen molar-refractivity contribution in [2.24, 2.45) is 10.4 Å². The lowest BCUT2D eigenvalue weighted by Crippen LogP contribution is -2.41. The number of nitrogens with zero attached hydrogens (tertiary/aromatic N) is 1. The first kappa shape index (κ1) is 20.6. The summed E-state index contributed by atoms with van der Waals surface area (Å²) in [4.78, 5) is 17.5. The van der Waals surface area contributed by atoms with Crippen LogP contribution in [0.4, 0.5) is 0 Å². The Balaban J connectivity index is 2.46. The second-order valence-electron chi connectivity index (χ2n) is 5.89. The third-order valence-electron chi connectivity index (χ3n) is 3.30. The zero-order valence-corrected chi connectivity index (χ0v) is 16.4. The highest BCUT2D eigenvalue weighted by atomic mass is 35.5. The number of nitrogens with one attached hydrogen (secondary N) is 3. The first-order valence-electron chi connectivity index (χ1n) is 8.01. The number of benzene rings is 1. The van der Waals surface area contributed by atoms with E-state index in [1.807, 2.05) is 45.0 Å². The highest BCUT2D eigenvalue weighted by Crippen LogP contribution is 2.19. The number of thioether (sulfide) groups is 1. The average molecular weight is 371 g/mol. The van der Waals surface area contributed by atoms with E-state index in [4.69, 9.17) is 11.6 Å². The minimum absolute atomic E-state index is 0.0135. The Bertz CT molecular complexity index is 546. The maximum atomic E-state index is 11.8. The molecule has 3 N–H and O–H groups in total. The largest absolute Gasteiger partial charge is 0.359 e. The van der Waals surface area contributed by atoms with Crippen LogP contribution in [0, 0.1) is 5.41 Å². The van der Waals surface area contributed by atoms with Crippen LogP contribution in [0.1, 0.15) is 20.8 Å². The molecule has 0 aliphatic rings. The van der Waals surface area contributed by atoms with E-state index in [1.165, 1.54) is 4.90 Å². The molecular formula is C17H27ClN4OS. The van der Waals surface area contributed by atoms with E-state index in [0.717, 1.165) is 29.8 Å². The molecule has 1 aromatic carbocycles. The number of carbonyl (C=O) groups is 1. The van der Waals surface area contributed by atoms with Crippen LogP contribution in [0.15, 0.2) is 34.2 Å². The Morgan fingerprint density at radius 1 is 1.25 bits per heavy atom. The number of carbonyl (C=O) groups excluding carboxylic acids is 1. The van der Waals surface area contributed by atoms with Crippen LogP contribution in [0.2, 0.25) is 5.02 Å². The molecule has 0 atom stereocenters. The quantitative estimate of drug-likeness (QED) is 0.285. The average Bonchev–Trinajstić information content (AvgIpc) is 2.57. The molecule has 0 radical (unpaired) electrons. The Morgan fingerprint density at radius 3 is 2.50 bits per heavy atom. The molecule has 0 saturated heterocycles. The van der Waals surface area contributed by atoms with Gasteiger partial charge in [-0.25, -0.2) is 0 Å². The van der Waals surface area contributed by atoms with Crippen molar-refractivity contribution in [3.8, 4) is 0 Å². The fourth-order valence-corrected chi connectivity index (χ4v) is 2.79. The van der Waals surface area contributed by atoms with Crippen LogP contribution in [-0.4, -0.2) is 44.3 Å². The van der Waals surface area contributed by atoms with Gasteiger partial charge in [-0.1, -0.05) is 11.6 Å². The maximum absolute atomic E-state index is 11.8. The van der Waals surface area contributed by atoms with Crippen molar-refractivity contribution in [1.82, 2.24) is 16.0 Å². The van der Waals surface area contributed by atoms with Gasteiger partial charge in [-0.05, 0) is 45.0 Å². The molecule has 0 bridgehead atoms. The van der Waals surface area contributed by atoms with Crippen molar-refractivity contribution in [3.63, 3.8) is 0 Å². The second-order valence-corrected chi connectivity index (χ2v) is 7.49. The summed E-state index contributed by atoms with van der Waals surface area (Å²) in [5.41, 5.74) is -0.533. The minimum atomic E-state index is -0.533. The number of guanidine groups is 1. The van der Waals surface area contributed by atoms with Gasteiger partial charge in [0.1, 0.15) is 0 Å². The highest BCUT2D eigenvalue weighted by molar-refractivity contribution is 7.99. The lowest BCUT2D eigenvalue weighted by Gasteiger charge is -2.21. The Morgan fingerprint density at radius 2 is 1.92 bits per heavy atom. The van der Waals surface area contributed by atoms with Gasteiger partial charge in [-0.3, -0.25) is 9.79 Å². The van der Waals surface area contributed by atoms with Gasteiger partial charge in [-0.15, -0.1) is 11.8 Å². The van der Waals surface area contributed by atoms with E-state index in [2.05, 4.69) is 20.9 Å². The van der Waals surface area contributed by atoms with Gasteiger partial charge >= 0.3 is 0 Å². The van der Waals surface area contributed by atoms with Gasteiger partial charge < -0.3 is 16.0 Å². The summed E-state index contributed by atoms with van der Waals surface area (Å²) >= 11 is 7.63. The van der Waals surface area contributed by atoms with E-state index >= 15 is 0 Å². The minimum Gasteiger partial charge on any atom is -0.359 e. The molecule has 0 heterocycles. The van der Waals surface area contributed by atoms with E-state index in [1.54, 1.807) is 18.8 Å². The summed E-state index contributed by atoms with van der Waals surface area (Å²) < 4.78 is 0. The lowest BCUT2D eigenvalue weighted by atomic mass is 9.93. The summed E-state index contributed by atoms with van der Waals surface area (Å²) in [5, 5.41) is 9.91. The van der Waals surface area contributed by atoms with Crippen LogP contribution in [-0.2, 0) is 4.79 Å². The third kappa shape index (κ3) is 7.45. The zero-order chi connectivity index (χ0) is 18.0. The molecule has 1 rings (SSSR count). The van der Waals surface area contributed by atoms with E-state index in [9.17, 15) is 4.79 Å². The van der Waals surface area contributed by atoms with Crippen molar-refractivity contribution in [3.05, 3.63) is 29.3 Å². The van der Waals surface area contributed by atoms with Crippen LogP contribution in [0.3, 0.4) is 0 Å². The van der Waals surface area contributed by atoms with E-state index < -0.39 is 5.41 Å². The number of hydrogen-bond donors (Lipinski definition) is 3. The lowest BCUT2D eigenvalue weighted by molar-refractivity contribution is -0.128. The van der Waals surface area contributed by atoms with E-state index in [0.29, 0.717) is 6.54 Å². The van der Waals surface area contributed by atoms with Gasteiger partial charge in [0.05, 0.1) is 12.0 Å². The van der Waals surface area contributed by atoms with Gasteiger partial charge in [-0.2, -0.15) is 0 Å². The molecule has 0 spiro atoms. The first-order valence-corrected chi connectivity index (χ1v) is 9.38. The number of rotatable bonds is 8. The Kier molecular flexibility index (Phi) is 9.00. The Hall–Kier alpha value is -1.40. The molecule has 0 aliphatic carbocycles. The summed E-state index contributed by atoms with van der Waals surface area (Å²) in [6.07, 6.45) is 0. The van der Waals surface area contributed by atoms with Crippen LogP contribution >= 0.6 is 23.4 Å². The summed E-state index contributed by atoms with van der Waals surface area (Å²) in [5.74, 6) is 1.62. The molecule has 134 valence electrons. The topological polar surface area (TPSA) is 65.5 Å². The van der Waals surface area contributed by atoms with Crippen LogP contribution < -0.4 is 16.0 Å². The number of hydrogen-bond acceptors (Lipinski definition) is 3. The van der Waals surface area contributed by atoms with Crippen LogP contribution in [0.5, 0.6) is 0 Å². The monoisotopic (exact) mass is 370 g/mol. The molecule has 0 unspecified atom stereocenters. The third-order valence-corrected chi connectivity index (χ3v) is 4.56. The number of halogens is 1. The van der Waals surface area contributed by atoms with Gasteiger partial charge in [0.2, 0.25) is 5.91 Å². The molecule has 5 nitrogen and oxygen atoms in total. The SMILES string of the molecule is CCNC(=NCC(C)(C)C(=O)NC)NCCSc1ccc(Cl)cc1. The van der Waals surface area contributed by atoms with Crippen molar-refractivity contribution in [1.29, 1.82) is 0 Å². The summed E-state index contributed by atoms with van der Waals surface area (Å²) in [6.45, 7) is 7.76. The molecule has 0 aliphatic heterocycles. The summed E-state index contributed by atoms with van der Waals surface area (Å²) in [7, 11) is 1.64. The molecule has 7 heteroatoms. The smallest absolute Gasteiger partial charge is 0.227 e. The van der Waals surface area contributed by atoms with Crippen molar-refractivity contribution >= 4 is 35.2 Å². The maximum Gasteiger partial charge on any atom is 0.227 e. The fraction of sp³-hybridized carbons (Fsp3) is 0.529. The van der Waals surface area contributed by atoms with Gasteiger partial charge in [0.15, 0.2) is 5.96 Å².